The Balaban J connectivity index is 1.61. The van der Waals surface area contributed by atoms with Crippen molar-refractivity contribution in [3.05, 3.63) is 204 Å². The van der Waals surface area contributed by atoms with E-state index >= 15 is 4.39 Å². The Morgan fingerprint density at radius 3 is 1.31 bits per heavy atom. The molecule has 3 heterocycles. The van der Waals surface area contributed by atoms with Gasteiger partial charge in [-0.25, -0.2) is 19.3 Å². The van der Waals surface area contributed by atoms with E-state index in [1.165, 1.54) is 17.2 Å². The maximum atomic E-state index is 18.6. The number of ether oxygens (including phenoxy) is 5. The molecule has 12 nitrogen and oxygen atoms in total. The van der Waals surface area contributed by atoms with E-state index in [2.05, 4.69) is 73.1 Å². The van der Waals surface area contributed by atoms with E-state index in [-0.39, 0.29) is 17.0 Å². The van der Waals surface area contributed by atoms with Gasteiger partial charge in [-0.05, 0) is 100 Å². The van der Waals surface area contributed by atoms with Crippen LogP contribution in [0.25, 0.3) is 11.2 Å². The highest BCUT2D eigenvalue weighted by Crippen LogP contribution is 2.67. The zero-order chi connectivity index (χ0) is 51.1. The van der Waals surface area contributed by atoms with Crippen LogP contribution in [0, 0.1) is 0 Å². The van der Waals surface area contributed by atoms with E-state index in [1.54, 1.807) is 28.4 Å². The lowest BCUT2D eigenvalue weighted by Gasteiger charge is -2.66. The molecule has 0 amide bonds. The van der Waals surface area contributed by atoms with Gasteiger partial charge in [-0.1, -0.05) is 130 Å². The number of aromatic nitrogens is 4. The maximum Gasteiger partial charge on any atom is 0.193 e. The van der Waals surface area contributed by atoms with Crippen molar-refractivity contribution in [3.63, 3.8) is 0 Å². The molecule has 4 atom stereocenters. The number of methoxy groups -OCH3 is 4. The van der Waals surface area contributed by atoms with Gasteiger partial charge in [-0.2, -0.15) is 0 Å². The molecule has 3 N–H and O–H groups in total. The van der Waals surface area contributed by atoms with Crippen LogP contribution >= 0.6 is 0 Å². The first-order valence-corrected chi connectivity index (χ1v) is 26.8. The molecule has 0 bridgehead atoms. The second kappa shape index (κ2) is 19.5. The minimum Gasteiger partial charge on any atom is -0.497 e. The van der Waals surface area contributed by atoms with E-state index in [1.807, 2.05) is 133 Å². The number of alkyl halides is 1. The van der Waals surface area contributed by atoms with Crippen LogP contribution in [0.4, 0.5) is 10.2 Å². The molecule has 1 saturated heterocycles. The summed E-state index contributed by atoms with van der Waals surface area (Å²) in [7, 11) is 3.16. The Morgan fingerprint density at radius 1 is 0.569 bits per heavy atom. The molecule has 0 spiro atoms. The van der Waals surface area contributed by atoms with Gasteiger partial charge in [0.25, 0.3) is 0 Å². The number of aliphatic hydroxyl groups is 1. The molecule has 2 aromatic heterocycles. The van der Waals surface area contributed by atoms with Crippen LogP contribution in [0.3, 0.4) is 0 Å². The third-order valence-electron chi connectivity index (χ3n) is 15.1. The first kappa shape index (κ1) is 49.9. The van der Waals surface area contributed by atoms with Crippen molar-refractivity contribution in [2.75, 3.05) is 34.2 Å². The summed E-state index contributed by atoms with van der Waals surface area (Å²) in [5.41, 5.74) is 6.02. The predicted octanol–water partition coefficient (Wildman–Crippen LogP) is 10.9. The highest BCUT2D eigenvalue weighted by atomic mass is 28.4. The third-order valence-corrected chi connectivity index (χ3v) is 19.5. The molecule has 1 aliphatic rings. The van der Waals surface area contributed by atoms with E-state index in [0.717, 1.165) is 33.4 Å². The third kappa shape index (κ3) is 7.88. The minimum absolute atomic E-state index is 0.115. The molecule has 1 fully saturated rings. The number of rotatable bonds is 16. The summed E-state index contributed by atoms with van der Waals surface area (Å²) >= 11 is 0. The largest absolute Gasteiger partial charge is 0.497 e. The number of nitrogens with zero attached hydrogens (tertiary/aromatic N) is 4. The van der Waals surface area contributed by atoms with Crippen LogP contribution in [0.1, 0.15) is 60.4 Å². The Kier molecular flexibility index (Phi) is 13.5. The van der Waals surface area contributed by atoms with Gasteiger partial charge in [-0.15, -0.1) is 0 Å². The second-order valence-electron chi connectivity index (χ2n) is 19.7. The van der Waals surface area contributed by atoms with Gasteiger partial charge in [0, 0.05) is 0 Å². The van der Waals surface area contributed by atoms with Crippen molar-refractivity contribution in [2.45, 2.75) is 79.9 Å². The molecule has 8 aromatic rings. The SMILES string of the molecule is COc1ccc(C(c2ccccc2)(c2ccc(OC)cc2)C(O[Si](C)(C)C(C)(C)C)([C@H]2O[C@@H](n3cnc4c(N)ncnc43)[C@H](F)[C@@H]2O)C(c2ccccc2)(c2ccc(OC)cc2)c2ccc(OC)cc2)cc1. The average Bonchev–Trinajstić information content (AvgIpc) is 3.97. The molecule has 6 aromatic carbocycles. The Hall–Kier alpha value is -7.10. The maximum absolute atomic E-state index is 18.6. The summed E-state index contributed by atoms with van der Waals surface area (Å²) < 4.78 is 60.1. The predicted molar refractivity (Wildman–Crippen MR) is 280 cm³/mol. The fourth-order valence-electron chi connectivity index (χ4n) is 10.8. The van der Waals surface area contributed by atoms with Gasteiger partial charge in [-0.3, -0.25) is 4.57 Å². The second-order valence-corrected chi connectivity index (χ2v) is 24.4. The number of nitrogen functional groups attached to an aromatic ring is 1. The van der Waals surface area contributed by atoms with Gasteiger partial charge in [0.05, 0.1) is 45.6 Å². The van der Waals surface area contributed by atoms with E-state index in [0.29, 0.717) is 23.0 Å². The Morgan fingerprint density at radius 2 is 0.944 bits per heavy atom. The number of aliphatic hydroxyl groups excluding tert-OH is 1. The van der Waals surface area contributed by atoms with Crippen LogP contribution < -0.4 is 24.7 Å². The van der Waals surface area contributed by atoms with Crippen molar-refractivity contribution in [1.82, 2.24) is 19.5 Å². The Labute approximate surface area is 421 Å². The average molecular weight is 988 g/mol. The molecule has 372 valence electrons. The van der Waals surface area contributed by atoms with Crippen LogP contribution in [0.5, 0.6) is 23.0 Å². The molecule has 1 aliphatic heterocycles. The summed E-state index contributed by atoms with van der Waals surface area (Å²) in [6.45, 7) is 10.9. The minimum atomic E-state index is -3.36. The van der Waals surface area contributed by atoms with Crippen molar-refractivity contribution in [3.8, 4) is 23.0 Å². The molecule has 72 heavy (non-hydrogen) atoms. The number of benzene rings is 6. The molecule has 0 unspecified atom stereocenters. The fourth-order valence-corrected chi connectivity index (χ4v) is 12.3. The molecular formula is C58H62FN5O7Si. The van der Waals surface area contributed by atoms with E-state index < -0.39 is 54.4 Å². The first-order valence-electron chi connectivity index (χ1n) is 23.9. The molecule has 0 aliphatic carbocycles. The summed E-state index contributed by atoms with van der Waals surface area (Å²) in [5.74, 6) is 2.56. The number of hydrogen-bond acceptors (Lipinski definition) is 11. The van der Waals surface area contributed by atoms with Gasteiger partial charge in [0.2, 0.25) is 0 Å². The standard InChI is InChI=1S/C58H62FN5O7Si/c1-55(2,3)72(8,9)71-58(51-50(65)48(59)54(70-51)64-37-63-49-52(60)61-36-62-53(49)64,56(38-16-12-10-13-17-38,40-20-28-44(66-4)29-21-40)41-22-30-45(67-5)31-23-41)57(39-18-14-11-15-19-39,42-24-32-46(68-6)33-25-42)43-26-34-47(69-7)35-27-43/h10-37,48,50-51,54,65H,1-9H3,(H2,60,61,62)/t48-,50+,51+,54-/m1/s1. The van der Waals surface area contributed by atoms with Crippen molar-refractivity contribution in [1.29, 1.82) is 0 Å². The number of hydrogen-bond donors (Lipinski definition) is 2. The van der Waals surface area contributed by atoms with Crippen molar-refractivity contribution >= 4 is 25.3 Å². The number of nitrogens with two attached hydrogens (primary N) is 1. The number of halogens is 1. The number of anilines is 1. The van der Waals surface area contributed by atoms with Crippen molar-refractivity contribution < 1.29 is 37.6 Å². The van der Waals surface area contributed by atoms with E-state index in [4.69, 9.17) is 33.8 Å². The van der Waals surface area contributed by atoms with E-state index in [9.17, 15) is 5.11 Å². The molecule has 9 rings (SSSR count). The summed E-state index contributed by atoms with van der Waals surface area (Å²) in [4.78, 5) is 13.3. The highest BCUT2D eigenvalue weighted by molar-refractivity contribution is 6.74. The number of imidazole rings is 1. The molecule has 0 saturated carbocycles. The molecule has 14 heteroatoms. The monoisotopic (exact) mass is 987 g/mol. The summed E-state index contributed by atoms with van der Waals surface area (Å²) in [6.07, 6.45) is -4.32. The lowest BCUT2D eigenvalue weighted by molar-refractivity contribution is -0.174. The van der Waals surface area contributed by atoms with Gasteiger partial charge in [0.1, 0.15) is 52.7 Å². The summed E-state index contributed by atoms with van der Waals surface area (Å²) in [5, 5.41) is 13.2. The molecule has 0 radical (unpaired) electrons. The zero-order valence-corrected chi connectivity index (χ0v) is 43.1. The lowest BCUT2D eigenvalue weighted by atomic mass is 9.44. The zero-order valence-electron chi connectivity index (χ0n) is 42.1. The van der Waals surface area contributed by atoms with Crippen LogP contribution in [0.2, 0.25) is 18.1 Å². The van der Waals surface area contributed by atoms with Crippen LogP contribution in [0.15, 0.2) is 170 Å². The smallest absolute Gasteiger partial charge is 0.193 e. The van der Waals surface area contributed by atoms with Gasteiger partial charge >= 0.3 is 0 Å². The summed E-state index contributed by atoms with van der Waals surface area (Å²) in [6, 6.07) is 51.9. The molecular weight excluding hydrogens is 926 g/mol. The van der Waals surface area contributed by atoms with Crippen molar-refractivity contribution in [2.24, 2.45) is 0 Å². The van der Waals surface area contributed by atoms with Gasteiger partial charge in [0.15, 0.2) is 32.2 Å². The number of fused-ring (bicyclic) bond motifs is 1. The Bertz CT molecular complexity index is 2860. The lowest BCUT2D eigenvalue weighted by Crippen LogP contribution is -2.77. The van der Waals surface area contributed by atoms with Gasteiger partial charge < -0.3 is 39.0 Å². The topological polar surface area (TPSA) is 145 Å². The quantitative estimate of drug-likeness (QED) is 0.0705. The van der Waals surface area contributed by atoms with Crippen LogP contribution in [-0.2, 0) is 20.0 Å². The fraction of sp³-hybridized carbons (Fsp3) is 0.293. The van der Waals surface area contributed by atoms with Crippen LogP contribution in [-0.4, -0.2) is 85.4 Å². The first-order chi connectivity index (χ1) is 34.6. The normalized spacial score (nSPS) is 17.7. The highest BCUT2D eigenvalue weighted by Gasteiger charge is 2.76.